The SMILES string of the molecule is O=C(c1cccc2ccnn12)N1CCOC[C@H](O)C1. The molecule has 3 rings (SSSR count). The van der Waals surface area contributed by atoms with Gasteiger partial charge in [-0.05, 0) is 18.2 Å². The molecular formula is C13H15N3O3. The Kier molecular flexibility index (Phi) is 3.18. The van der Waals surface area contributed by atoms with E-state index in [1.807, 2.05) is 18.2 Å². The number of nitrogens with zero attached hydrogens (tertiary/aromatic N) is 3. The average Bonchev–Trinajstić information content (AvgIpc) is 2.79. The van der Waals surface area contributed by atoms with Crippen LogP contribution in [0.25, 0.3) is 5.52 Å². The topological polar surface area (TPSA) is 67.1 Å². The van der Waals surface area contributed by atoms with Crippen molar-refractivity contribution in [1.82, 2.24) is 14.5 Å². The van der Waals surface area contributed by atoms with Crippen molar-refractivity contribution in [3.8, 4) is 0 Å². The Morgan fingerprint density at radius 2 is 2.32 bits per heavy atom. The molecule has 1 atom stereocenters. The molecule has 3 heterocycles. The molecule has 100 valence electrons. The summed E-state index contributed by atoms with van der Waals surface area (Å²) >= 11 is 0. The van der Waals surface area contributed by atoms with Crippen molar-refractivity contribution in [2.75, 3.05) is 26.3 Å². The highest BCUT2D eigenvalue weighted by atomic mass is 16.5. The fourth-order valence-electron chi connectivity index (χ4n) is 2.25. The third-order valence-corrected chi connectivity index (χ3v) is 3.17. The first-order valence-corrected chi connectivity index (χ1v) is 6.23. The maximum atomic E-state index is 12.5. The number of aromatic nitrogens is 2. The molecule has 0 unspecified atom stereocenters. The molecule has 1 saturated heterocycles. The molecule has 1 amide bonds. The highest BCUT2D eigenvalue weighted by molar-refractivity contribution is 5.93. The van der Waals surface area contributed by atoms with E-state index in [-0.39, 0.29) is 19.1 Å². The zero-order valence-corrected chi connectivity index (χ0v) is 10.4. The Labute approximate surface area is 110 Å². The first-order valence-electron chi connectivity index (χ1n) is 6.23. The molecule has 0 saturated carbocycles. The van der Waals surface area contributed by atoms with Gasteiger partial charge in [0, 0.05) is 13.1 Å². The van der Waals surface area contributed by atoms with E-state index >= 15 is 0 Å². The van der Waals surface area contributed by atoms with Crippen LogP contribution in [0.1, 0.15) is 10.5 Å². The van der Waals surface area contributed by atoms with Crippen molar-refractivity contribution >= 4 is 11.4 Å². The minimum Gasteiger partial charge on any atom is -0.389 e. The first-order chi connectivity index (χ1) is 9.25. The van der Waals surface area contributed by atoms with E-state index in [0.29, 0.717) is 18.8 Å². The standard InChI is InChI=1S/C13H15N3O3/c17-11-8-15(6-7-19-9-11)13(18)12-3-1-2-10-4-5-14-16(10)12/h1-5,11,17H,6-9H2/t11-/m1/s1. The summed E-state index contributed by atoms with van der Waals surface area (Å²) in [5.74, 6) is -0.140. The van der Waals surface area contributed by atoms with Gasteiger partial charge in [-0.15, -0.1) is 0 Å². The van der Waals surface area contributed by atoms with Gasteiger partial charge in [0.2, 0.25) is 0 Å². The van der Waals surface area contributed by atoms with Crippen molar-refractivity contribution < 1.29 is 14.6 Å². The minimum atomic E-state index is -0.636. The number of hydrogen-bond acceptors (Lipinski definition) is 4. The smallest absolute Gasteiger partial charge is 0.272 e. The molecule has 2 aromatic heterocycles. The largest absolute Gasteiger partial charge is 0.389 e. The summed E-state index contributed by atoms with van der Waals surface area (Å²) in [6.45, 7) is 1.48. The van der Waals surface area contributed by atoms with E-state index in [0.717, 1.165) is 5.52 Å². The summed E-state index contributed by atoms with van der Waals surface area (Å²) in [5, 5.41) is 13.8. The van der Waals surface area contributed by atoms with E-state index < -0.39 is 6.10 Å². The molecule has 1 N–H and O–H groups in total. The number of aliphatic hydroxyl groups is 1. The number of hydrogen-bond donors (Lipinski definition) is 1. The molecule has 0 radical (unpaired) electrons. The second-order valence-electron chi connectivity index (χ2n) is 4.56. The van der Waals surface area contributed by atoms with Crippen LogP contribution in [0.5, 0.6) is 0 Å². The van der Waals surface area contributed by atoms with Crippen molar-refractivity contribution in [2.24, 2.45) is 0 Å². The fraction of sp³-hybridized carbons (Fsp3) is 0.385. The lowest BCUT2D eigenvalue weighted by atomic mass is 10.2. The van der Waals surface area contributed by atoms with Gasteiger partial charge in [0.15, 0.2) is 0 Å². The molecule has 0 aliphatic carbocycles. The molecule has 0 bridgehead atoms. The quantitative estimate of drug-likeness (QED) is 0.794. The number of aliphatic hydroxyl groups excluding tert-OH is 1. The van der Waals surface area contributed by atoms with E-state index in [9.17, 15) is 9.90 Å². The number of ether oxygens (including phenoxy) is 1. The van der Waals surface area contributed by atoms with Crippen LogP contribution in [0, 0.1) is 0 Å². The van der Waals surface area contributed by atoms with Gasteiger partial charge in [0.25, 0.3) is 5.91 Å². The lowest BCUT2D eigenvalue weighted by Crippen LogP contribution is -2.38. The van der Waals surface area contributed by atoms with E-state index in [4.69, 9.17) is 4.74 Å². The summed E-state index contributed by atoms with van der Waals surface area (Å²) in [6.07, 6.45) is 1.02. The predicted molar refractivity (Wildman–Crippen MR) is 67.9 cm³/mol. The van der Waals surface area contributed by atoms with Crippen LogP contribution in [0.3, 0.4) is 0 Å². The summed E-state index contributed by atoms with van der Waals surface area (Å²) in [4.78, 5) is 14.1. The van der Waals surface area contributed by atoms with Crippen molar-refractivity contribution in [3.63, 3.8) is 0 Å². The third-order valence-electron chi connectivity index (χ3n) is 3.17. The van der Waals surface area contributed by atoms with Gasteiger partial charge >= 0.3 is 0 Å². The molecular weight excluding hydrogens is 246 g/mol. The zero-order valence-electron chi connectivity index (χ0n) is 10.4. The summed E-state index contributed by atoms with van der Waals surface area (Å²) in [5.41, 5.74) is 1.37. The molecule has 1 fully saturated rings. The summed E-state index contributed by atoms with van der Waals surface area (Å²) in [6, 6.07) is 7.30. The lowest BCUT2D eigenvalue weighted by molar-refractivity contribution is 0.0532. The molecule has 0 aromatic carbocycles. The molecule has 0 spiro atoms. The van der Waals surface area contributed by atoms with Crippen LogP contribution < -0.4 is 0 Å². The Hall–Kier alpha value is -1.92. The van der Waals surface area contributed by atoms with E-state index in [2.05, 4.69) is 5.10 Å². The summed E-state index contributed by atoms with van der Waals surface area (Å²) in [7, 11) is 0. The van der Waals surface area contributed by atoms with Gasteiger partial charge < -0.3 is 14.7 Å². The second-order valence-corrected chi connectivity index (χ2v) is 4.56. The van der Waals surface area contributed by atoms with Gasteiger partial charge in [-0.2, -0.15) is 5.10 Å². The van der Waals surface area contributed by atoms with Crippen LogP contribution in [0.2, 0.25) is 0 Å². The number of amides is 1. The van der Waals surface area contributed by atoms with Crippen LogP contribution in [-0.2, 0) is 4.74 Å². The first kappa shape index (κ1) is 12.1. The van der Waals surface area contributed by atoms with Crippen LogP contribution in [-0.4, -0.2) is 57.9 Å². The lowest BCUT2D eigenvalue weighted by Gasteiger charge is -2.21. The maximum absolute atomic E-state index is 12.5. The van der Waals surface area contributed by atoms with Gasteiger partial charge in [-0.25, -0.2) is 4.52 Å². The maximum Gasteiger partial charge on any atom is 0.272 e. The predicted octanol–water partition coefficient (Wildman–Crippen LogP) is 0.168. The molecule has 19 heavy (non-hydrogen) atoms. The monoisotopic (exact) mass is 261 g/mol. The Bertz CT molecular complexity index is 596. The van der Waals surface area contributed by atoms with Crippen molar-refractivity contribution in [3.05, 3.63) is 36.2 Å². The average molecular weight is 261 g/mol. The number of β-amino-alcohol motifs (C(OH)–C–C–N with tert-alkyl or cyclic N) is 1. The van der Waals surface area contributed by atoms with Gasteiger partial charge in [-0.3, -0.25) is 4.79 Å². The van der Waals surface area contributed by atoms with Gasteiger partial charge in [-0.1, -0.05) is 6.07 Å². The molecule has 6 heteroatoms. The van der Waals surface area contributed by atoms with Crippen molar-refractivity contribution in [1.29, 1.82) is 0 Å². The minimum absolute atomic E-state index is 0.140. The van der Waals surface area contributed by atoms with Gasteiger partial charge in [0.05, 0.1) is 31.0 Å². The number of carbonyl (C=O) groups is 1. The molecule has 1 aliphatic rings. The Morgan fingerprint density at radius 1 is 1.42 bits per heavy atom. The van der Waals surface area contributed by atoms with Crippen LogP contribution in [0.4, 0.5) is 0 Å². The number of pyridine rings is 1. The molecule has 1 aliphatic heterocycles. The Morgan fingerprint density at radius 3 is 3.21 bits per heavy atom. The Balaban J connectivity index is 1.92. The molecule has 6 nitrogen and oxygen atoms in total. The second kappa shape index (κ2) is 4.99. The van der Waals surface area contributed by atoms with E-state index in [1.165, 1.54) is 0 Å². The zero-order chi connectivity index (χ0) is 13.2. The third kappa shape index (κ3) is 2.32. The number of rotatable bonds is 1. The highest BCUT2D eigenvalue weighted by Gasteiger charge is 2.23. The normalized spacial score (nSPS) is 20.5. The highest BCUT2D eigenvalue weighted by Crippen LogP contribution is 2.11. The van der Waals surface area contributed by atoms with Gasteiger partial charge in [0.1, 0.15) is 5.69 Å². The molecule has 2 aromatic rings. The van der Waals surface area contributed by atoms with Crippen LogP contribution >= 0.6 is 0 Å². The number of fused-ring (bicyclic) bond motifs is 1. The van der Waals surface area contributed by atoms with Crippen LogP contribution in [0.15, 0.2) is 30.5 Å². The number of carbonyl (C=O) groups excluding carboxylic acids is 1. The summed E-state index contributed by atoms with van der Waals surface area (Å²) < 4.78 is 6.84. The van der Waals surface area contributed by atoms with E-state index in [1.54, 1.807) is 21.7 Å². The fourth-order valence-corrected chi connectivity index (χ4v) is 2.25. The van der Waals surface area contributed by atoms with Crippen molar-refractivity contribution in [2.45, 2.75) is 6.10 Å².